The van der Waals surface area contributed by atoms with Crippen molar-refractivity contribution in [1.82, 2.24) is 0 Å². The molecular weight excluding hydrogens is 260 g/mol. The third-order valence-electron chi connectivity index (χ3n) is 3.70. The number of benzene rings is 2. The number of amides is 1. The van der Waals surface area contributed by atoms with Crippen molar-refractivity contribution >= 4 is 11.6 Å². The number of hydrogen-bond acceptors (Lipinski definition) is 2. The SMILES string of the molecule is CCCC(C)c1ccc(C(=O)N(N)c2ccccc2)cc1. The summed E-state index contributed by atoms with van der Waals surface area (Å²) in [6.45, 7) is 4.39. The van der Waals surface area contributed by atoms with E-state index in [1.54, 1.807) is 0 Å². The molecule has 0 saturated carbocycles. The highest BCUT2D eigenvalue weighted by Crippen LogP contribution is 2.21. The molecule has 0 saturated heterocycles. The van der Waals surface area contributed by atoms with Gasteiger partial charge >= 0.3 is 0 Å². The summed E-state index contributed by atoms with van der Waals surface area (Å²) in [7, 11) is 0. The summed E-state index contributed by atoms with van der Waals surface area (Å²) in [5, 5.41) is 1.18. The van der Waals surface area contributed by atoms with Crippen molar-refractivity contribution in [3.8, 4) is 0 Å². The molecule has 0 fully saturated rings. The molecule has 1 atom stereocenters. The molecule has 2 rings (SSSR count). The van der Waals surface area contributed by atoms with Gasteiger partial charge in [-0.25, -0.2) is 10.9 Å². The molecule has 2 aromatic carbocycles. The van der Waals surface area contributed by atoms with E-state index in [1.165, 1.54) is 10.6 Å². The van der Waals surface area contributed by atoms with Gasteiger partial charge in [-0.3, -0.25) is 4.79 Å². The molecule has 110 valence electrons. The average Bonchev–Trinajstić information content (AvgIpc) is 2.54. The molecule has 2 N–H and O–H groups in total. The van der Waals surface area contributed by atoms with Gasteiger partial charge in [0, 0.05) is 5.56 Å². The molecule has 1 amide bonds. The van der Waals surface area contributed by atoms with Gasteiger partial charge in [0.15, 0.2) is 0 Å². The van der Waals surface area contributed by atoms with Crippen LogP contribution < -0.4 is 10.9 Å². The second-order valence-corrected chi connectivity index (χ2v) is 5.32. The van der Waals surface area contributed by atoms with Gasteiger partial charge in [0.2, 0.25) is 0 Å². The lowest BCUT2D eigenvalue weighted by molar-refractivity contribution is 0.0987. The first kappa shape index (κ1) is 15.3. The smallest absolute Gasteiger partial charge is 0.267 e. The van der Waals surface area contributed by atoms with E-state index in [9.17, 15) is 4.79 Å². The van der Waals surface area contributed by atoms with Crippen LogP contribution in [0, 0.1) is 0 Å². The average molecular weight is 282 g/mol. The van der Waals surface area contributed by atoms with Crippen LogP contribution in [0.25, 0.3) is 0 Å². The number of nitrogens with two attached hydrogens (primary N) is 1. The van der Waals surface area contributed by atoms with Gasteiger partial charge in [0.25, 0.3) is 5.91 Å². The van der Waals surface area contributed by atoms with Gasteiger partial charge < -0.3 is 0 Å². The van der Waals surface area contributed by atoms with E-state index in [4.69, 9.17) is 5.84 Å². The van der Waals surface area contributed by atoms with Crippen LogP contribution in [0.4, 0.5) is 5.69 Å². The summed E-state index contributed by atoms with van der Waals surface area (Å²) in [4.78, 5) is 12.4. The highest BCUT2D eigenvalue weighted by molar-refractivity contribution is 6.05. The van der Waals surface area contributed by atoms with Crippen molar-refractivity contribution in [3.05, 3.63) is 65.7 Å². The Morgan fingerprint density at radius 3 is 2.29 bits per heavy atom. The van der Waals surface area contributed by atoms with Crippen molar-refractivity contribution in [2.45, 2.75) is 32.6 Å². The number of rotatable bonds is 5. The molecule has 0 aliphatic carbocycles. The topological polar surface area (TPSA) is 46.3 Å². The Balaban J connectivity index is 2.13. The molecule has 2 aromatic rings. The third kappa shape index (κ3) is 3.70. The highest BCUT2D eigenvalue weighted by Gasteiger charge is 2.14. The largest absolute Gasteiger partial charge is 0.272 e. The summed E-state index contributed by atoms with van der Waals surface area (Å²) >= 11 is 0. The van der Waals surface area contributed by atoms with Gasteiger partial charge in [-0.15, -0.1) is 0 Å². The van der Waals surface area contributed by atoms with Crippen LogP contribution in [0.5, 0.6) is 0 Å². The van der Waals surface area contributed by atoms with Crippen molar-refractivity contribution < 1.29 is 4.79 Å². The number of anilines is 1. The lowest BCUT2D eigenvalue weighted by atomic mass is 9.95. The molecule has 0 heterocycles. The number of hydrogen-bond donors (Lipinski definition) is 1. The minimum atomic E-state index is -0.198. The van der Waals surface area contributed by atoms with Crippen LogP contribution in [0.15, 0.2) is 54.6 Å². The first-order valence-corrected chi connectivity index (χ1v) is 7.37. The Morgan fingerprint density at radius 2 is 1.71 bits per heavy atom. The minimum Gasteiger partial charge on any atom is -0.267 e. The number of carbonyl (C=O) groups is 1. The van der Waals surface area contributed by atoms with E-state index in [1.807, 2.05) is 54.6 Å². The fourth-order valence-electron chi connectivity index (χ4n) is 2.40. The number of carbonyl (C=O) groups excluding carboxylic acids is 1. The van der Waals surface area contributed by atoms with Crippen LogP contribution in [0.3, 0.4) is 0 Å². The quantitative estimate of drug-likeness (QED) is 0.509. The Hall–Kier alpha value is -2.13. The predicted molar refractivity (Wildman–Crippen MR) is 87.2 cm³/mol. The molecule has 3 nitrogen and oxygen atoms in total. The Bertz CT molecular complexity index is 578. The number of para-hydroxylation sites is 1. The molecule has 0 aliphatic rings. The van der Waals surface area contributed by atoms with Gasteiger partial charge in [-0.2, -0.15) is 0 Å². The second kappa shape index (κ2) is 7.04. The summed E-state index contributed by atoms with van der Waals surface area (Å²) < 4.78 is 0. The molecule has 3 heteroatoms. The lowest BCUT2D eigenvalue weighted by Crippen LogP contribution is -2.37. The van der Waals surface area contributed by atoms with Gasteiger partial charge in [0.05, 0.1) is 5.69 Å². The first-order chi connectivity index (χ1) is 10.1. The fraction of sp³-hybridized carbons (Fsp3) is 0.278. The van der Waals surface area contributed by atoms with Crippen LogP contribution in [-0.2, 0) is 0 Å². The van der Waals surface area contributed by atoms with Crippen LogP contribution >= 0.6 is 0 Å². The van der Waals surface area contributed by atoms with E-state index in [2.05, 4.69) is 13.8 Å². The molecular formula is C18H22N2O. The first-order valence-electron chi connectivity index (χ1n) is 7.37. The zero-order valence-corrected chi connectivity index (χ0v) is 12.6. The van der Waals surface area contributed by atoms with Gasteiger partial charge in [-0.05, 0) is 42.2 Å². The van der Waals surface area contributed by atoms with E-state index in [-0.39, 0.29) is 5.91 Å². The molecule has 1 unspecified atom stereocenters. The molecule has 0 bridgehead atoms. The standard InChI is InChI=1S/C18H22N2O/c1-3-7-14(2)15-10-12-16(13-11-15)18(21)20(19)17-8-5-4-6-9-17/h4-6,8-14H,3,7,19H2,1-2H3. The Labute approximate surface area is 126 Å². The van der Waals surface area contributed by atoms with Crippen molar-refractivity contribution in [1.29, 1.82) is 0 Å². The van der Waals surface area contributed by atoms with Crippen LogP contribution in [0.2, 0.25) is 0 Å². The second-order valence-electron chi connectivity index (χ2n) is 5.32. The zero-order valence-electron chi connectivity index (χ0n) is 12.6. The maximum absolute atomic E-state index is 12.4. The molecule has 0 aliphatic heterocycles. The van der Waals surface area contributed by atoms with Crippen molar-refractivity contribution in [2.24, 2.45) is 5.84 Å². The summed E-state index contributed by atoms with van der Waals surface area (Å²) in [5.74, 6) is 6.22. The lowest BCUT2D eigenvalue weighted by Gasteiger charge is -2.17. The van der Waals surface area contributed by atoms with Crippen molar-refractivity contribution in [3.63, 3.8) is 0 Å². The predicted octanol–water partition coefficient (Wildman–Crippen LogP) is 4.11. The van der Waals surface area contributed by atoms with E-state index < -0.39 is 0 Å². The number of hydrazine groups is 1. The van der Waals surface area contributed by atoms with E-state index >= 15 is 0 Å². The normalized spacial score (nSPS) is 12.0. The molecule has 21 heavy (non-hydrogen) atoms. The highest BCUT2D eigenvalue weighted by atomic mass is 16.2. The molecule has 0 aromatic heterocycles. The number of nitrogens with zero attached hydrogens (tertiary/aromatic N) is 1. The zero-order chi connectivity index (χ0) is 15.2. The van der Waals surface area contributed by atoms with Crippen LogP contribution in [0.1, 0.15) is 48.5 Å². The van der Waals surface area contributed by atoms with Crippen LogP contribution in [-0.4, -0.2) is 5.91 Å². The van der Waals surface area contributed by atoms with Gasteiger partial charge in [-0.1, -0.05) is 50.6 Å². The summed E-state index contributed by atoms with van der Waals surface area (Å²) in [6.07, 6.45) is 2.31. The molecule has 0 spiro atoms. The summed E-state index contributed by atoms with van der Waals surface area (Å²) in [5.41, 5.74) is 2.55. The van der Waals surface area contributed by atoms with Crippen molar-refractivity contribution in [2.75, 3.05) is 5.01 Å². The maximum Gasteiger partial charge on any atom is 0.272 e. The van der Waals surface area contributed by atoms with Gasteiger partial charge in [0.1, 0.15) is 0 Å². The van der Waals surface area contributed by atoms with E-state index in [0.29, 0.717) is 17.2 Å². The third-order valence-corrected chi connectivity index (χ3v) is 3.70. The minimum absolute atomic E-state index is 0.198. The fourth-order valence-corrected chi connectivity index (χ4v) is 2.40. The Kier molecular flexibility index (Phi) is 5.12. The van der Waals surface area contributed by atoms with E-state index in [0.717, 1.165) is 12.8 Å². The summed E-state index contributed by atoms with van der Waals surface area (Å²) in [6, 6.07) is 17.0. The molecule has 0 radical (unpaired) electrons. The maximum atomic E-state index is 12.4. The monoisotopic (exact) mass is 282 g/mol. The Morgan fingerprint density at radius 1 is 1.10 bits per heavy atom.